The molecule has 0 spiro atoms. The summed E-state index contributed by atoms with van der Waals surface area (Å²) in [6.45, 7) is -0.278. The first-order chi connectivity index (χ1) is 3.27. The molecule has 0 aromatic heterocycles. The number of hydrogen-bond donors (Lipinski definition) is 2. The molecule has 0 aliphatic rings. The van der Waals surface area contributed by atoms with Crippen molar-refractivity contribution < 1.29 is 33.4 Å². The van der Waals surface area contributed by atoms with Crippen molar-refractivity contribution in [2.24, 2.45) is 5.73 Å². The summed E-state index contributed by atoms with van der Waals surface area (Å²) in [4.78, 5) is 9.24. The van der Waals surface area contributed by atoms with E-state index in [0.717, 1.165) is 23.5 Å². The molecule has 6 heteroatoms. The number of carboxylic acid groups (broad SMARTS) is 1. The van der Waals surface area contributed by atoms with Crippen molar-refractivity contribution in [2.75, 3.05) is 6.54 Å². The minimum absolute atomic E-state index is 0. The van der Waals surface area contributed by atoms with E-state index in [1.165, 1.54) is 0 Å². The van der Waals surface area contributed by atoms with E-state index in [0.29, 0.717) is 0 Å². The zero-order chi connectivity index (χ0) is 6.28. The fraction of sp³-hybridized carbons (Fsp3) is 0.500. The Hall–Kier alpha value is 1.14. The molecule has 0 saturated heterocycles. The summed E-state index contributed by atoms with van der Waals surface area (Å²) in [7, 11) is 4.73. The van der Waals surface area contributed by atoms with E-state index in [9.17, 15) is 4.79 Å². The van der Waals surface area contributed by atoms with Crippen molar-refractivity contribution in [1.29, 1.82) is 0 Å². The molecule has 0 aromatic rings. The van der Waals surface area contributed by atoms with Crippen LogP contribution in [0, 0.1) is 0 Å². The van der Waals surface area contributed by atoms with Crippen LogP contribution in [0.3, 0.4) is 0 Å². The van der Waals surface area contributed by atoms with E-state index < -0.39 is 5.97 Å². The van der Waals surface area contributed by atoms with Crippen LogP contribution in [0.15, 0.2) is 0 Å². The quantitative estimate of drug-likeness (QED) is 0.542. The summed E-state index contributed by atoms with van der Waals surface area (Å²) < 4.78 is 0. The Balaban J connectivity index is -0.0000000750. The first-order valence-electron chi connectivity index (χ1n) is 1.38. The van der Waals surface area contributed by atoms with Crippen LogP contribution in [-0.4, -0.2) is 35.0 Å². The third kappa shape index (κ3) is 27.3. The molecule has 8 heavy (non-hydrogen) atoms. The van der Waals surface area contributed by atoms with Crippen molar-refractivity contribution in [3.63, 3.8) is 0 Å². The molecular formula is C2H8AlClNO2Zr. The Morgan fingerprint density at radius 3 is 1.88 bits per heavy atom. The molecule has 0 aliphatic carbocycles. The molecule has 0 aliphatic heterocycles. The van der Waals surface area contributed by atoms with Crippen LogP contribution in [0.1, 0.15) is 0 Å². The predicted octanol–water partition coefficient (Wildman–Crippen LogP) is -1.47. The van der Waals surface area contributed by atoms with Crippen molar-refractivity contribution >= 4 is 31.8 Å². The average Bonchev–Trinajstić information content (AvgIpc) is 1.73. The zero-order valence-corrected chi connectivity index (χ0v) is 6.73. The van der Waals surface area contributed by atoms with Crippen LogP contribution in [-0.2, 0) is 28.3 Å². The van der Waals surface area contributed by atoms with Gasteiger partial charge in [0.15, 0.2) is 17.4 Å². The Bertz CT molecular complexity index is 55.3. The van der Waals surface area contributed by atoms with Crippen LogP contribution < -0.4 is 5.73 Å². The summed E-state index contributed by atoms with van der Waals surface area (Å²) in [6, 6.07) is 0. The summed E-state index contributed by atoms with van der Waals surface area (Å²) in [5.41, 5.74) is 4.57. The van der Waals surface area contributed by atoms with Crippen molar-refractivity contribution in [1.82, 2.24) is 0 Å². The summed E-state index contributed by atoms with van der Waals surface area (Å²) in [6.07, 6.45) is 0. The van der Waals surface area contributed by atoms with Crippen molar-refractivity contribution in [3.05, 3.63) is 0 Å². The Labute approximate surface area is 77.1 Å². The first kappa shape index (κ1) is 16.1. The molecule has 3 nitrogen and oxygen atoms in total. The number of aliphatic carboxylic acids is 1. The molecular weight excluding hydrogens is 224 g/mol. The average molecular weight is 232 g/mol. The van der Waals surface area contributed by atoms with Gasteiger partial charge in [0.05, 0.1) is 6.54 Å². The Morgan fingerprint density at radius 1 is 1.75 bits per heavy atom. The van der Waals surface area contributed by atoms with Gasteiger partial charge in [-0.15, -0.1) is 0 Å². The normalized spacial score (nSPS) is 5.12. The number of hydrogen-bond acceptors (Lipinski definition) is 2. The monoisotopic (exact) mass is 230 g/mol. The third-order valence-electron chi connectivity index (χ3n) is 0.175. The van der Waals surface area contributed by atoms with Gasteiger partial charge in [0, 0.05) is 0 Å². The molecule has 3 N–H and O–H groups in total. The third-order valence-corrected chi connectivity index (χ3v) is 0.175. The Morgan fingerprint density at radius 2 is 1.88 bits per heavy atom. The molecule has 47 valence electrons. The van der Waals surface area contributed by atoms with Gasteiger partial charge in [-0.3, -0.25) is 4.79 Å². The van der Waals surface area contributed by atoms with Gasteiger partial charge < -0.3 is 10.8 Å². The number of halogens is 1. The predicted molar refractivity (Wildman–Crippen MR) is 32.5 cm³/mol. The van der Waals surface area contributed by atoms with Crippen molar-refractivity contribution in [3.8, 4) is 0 Å². The first-order valence-corrected chi connectivity index (χ1v) is 4.54. The second-order valence-electron chi connectivity index (χ2n) is 0.598. The molecule has 0 aromatic carbocycles. The zero-order valence-electron chi connectivity index (χ0n) is 3.52. The van der Waals surface area contributed by atoms with Gasteiger partial charge in [0.2, 0.25) is 0 Å². The van der Waals surface area contributed by atoms with E-state index in [4.69, 9.17) is 13.6 Å². The van der Waals surface area contributed by atoms with Crippen LogP contribution in [0.25, 0.3) is 0 Å². The molecule has 0 saturated carbocycles. The van der Waals surface area contributed by atoms with Crippen LogP contribution in [0.4, 0.5) is 0 Å². The summed E-state index contributed by atoms with van der Waals surface area (Å²) in [5.74, 6) is -0.968. The van der Waals surface area contributed by atoms with Crippen LogP contribution >= 0.6 is 8.51 Å². The summed E-state index contributed by atoms with van der Waals surface area (Å²) >= 11 is 1.02. The van der Waals surface area contributed by atoms with E-state index in [1.807, 2.05) is 0 Å². The van der Waals surface area contributed by atoms with E-state index >= 15 is 0 Å². The van der Waals surface area contributed by atoms with Crippen LogP contribution in [0.2, 0.25) is 0 Å². The number of nitrogens with two attached hydrogens (primary N) is 1. The minimum atomic E-state index is -0.968. The standard InChI is InChI=1S/C2H5NO2.Al.ClH.Zr.3H/c3-1-2(4)5;;;;;;/h1,3H2,(H,4,5);;1H;;;;/q;;;+1;;;/p-1. The van der Waals surface area contributed by atoms with Gasteiger partial charge in [-0.25, -0.2) is 0 Å². The molecule has 0 bridgehead atoms. The van der Waals surface area contributed by atoms with Gasteiger partial charge in [-0.2, -0.15) is 0 Å². The molecule has 0 rings (SSSR count). The van der Waals surface area contributed by atoms with E-state index in [2.05, 4.69) is 5.73 Å². The van der Waals surface area contributed by atoms with Gasteiger partial charge >= 0.3 is 38.0 Å². The second-order valence-corrected chi connectivity index (χ2v) is 0.598. The fourth-order valence-electron chi connectivity index (χ4n) is 0. The maximum atomic E-state index is 9.24. The van der Waals surface area contributed by atoms with Gasteiger partial charge in [0.25, 0.3) is 0 Å². The van der Waals surface area contributed by atoms with E-state index in [-0.39, 0.29) is 23.9 Å². The molecule has 0 atom stereocenters. The molecule has 0 fully saturated rings. The maximum absolute atomic E-state index is 9.24. The van der Waals surface area contributed by atoms with Crippen molar-refractivity contribution in [2.45, 2.75) is 0 Å². The van der Waals surface area contributed by atoms with Crippen LogP contribution in [0.5, 0.6) is 0 Å². The molecule has 0 radical (unpaired) electrons. The molecule has 0 unspecified atom stereocenters. The number of carboxylic acids is 1. The number of rotatable bonds is 1. The SMILES string of the molecule is NCC(=O)O.[AlH3].[Cl][Zr]. The second kappa shape index (κ2) is 15.7. The fourth-order valence-corrected chi connectivity index (χ4v) is 0. The van der Waals surface area contributed by atoms with Gasteiger partial charge in [0.1, 0.15) is 0 Å². The van der Waals surface area contributed by atoms with Gasteiger partial charge in [-0.1, -0.05) is 0 Å². The van der Waals surface area contributed by atoms with Gasteiger partial charge in [-0.05, 0) is 0 Å². The molecule has 0 heterocycles. The number of carbonyl (C=O) groups is 1. The topological polar surface area (TPSA) is 63.3 Å². The summed E-state index contributed by atoms with van der Waals surface area (Å²) in [5, 5.41) is 7.60. The molecule has 0 amide bonds. The Kier molecular flexibility index (Phi) is 31.5. The van der Waals surface area contributed by atoms with E-state index in [1.54, 1.807) is 0 Å².